The van der Waals surface area contributed by atoms with Gasteiger partial charge in [-0.1, -0.05) is 53.1 Å². The highest BCUT2D eigenvalue weighted by molar-refractivity contribution is 6.32. The van der Waals surface area contributed by atoms with E-state index < -0.39 is 0 Å². The summed E-state index contributed by atoms with van der Waals surface area (Å²) in [4.78, 5) is 0. The Hall–Kier alpha value is -1.97. The van der Waals surface area contributed by atoms with Gasteiger partial charge in [-0.05, 0) is 75.8 Å². The molecule has 1 N–H and O–H groups in total. The maximum absolute atomic E-state index is 6.55. The van der Waals surface area contributed by atoms with Gasteiger partial charge in [-0.15, -0.1) is 0 Å². The van der Waals surface area contributed by atoms with E-state index in [1.54, 1.807) is 5.57 Å². The highest BCUT2D eigenvalue weighted by Gasteiger charge is 2.13. The van der Waals surface area contributed by atoms with E-state index in [1.807, 2.05) is 19.1 Å². The largest absolute Gasteiger partial charge is 0.490 e. The van der Waals surface area contributed by atoms with E-state index in [0.29, 0.717) is 29.7 Å². The van der Waals surface area contributed by atoms with Crippen molar-refractivity contribution in [2.45, 2.75) is 59.1 Å². The van der Waals surface area contributed by atoms with Gasteiger partial charge in [0, 0.05) is 6.54 Å². The number of ether oxygens (including phenoxy) is 2. The number of allylic oxidation sites excluding steroid dienone is 1. The molecule has 4 heteroatoms. The molecule has 0 amide bonds. The van der Waals surface area contributed by atoms with E-state index >= 15 is 0 Å². The van der Waals surface area contributed by atoms with Crippen molar-refractivity contribution < 1.29 is 9.47 Å². The van der Waals surface area contributed by atoms with Crippen LogP contribution in [0.3, 0.4) is 0 Å². The van der Waals surface area contributed by atoms with Gasteiger partial charge in [-0.3, -0.25) is 0 Å². The molecule has 0 saturated carbocycles. The molecular weight excluding hydrogens is 382 g/mol. The third-order valence-electron chi connectivity index (χ3n) is 5.21. The fraction of sp³-hybridized carbons (Fsp3) is 0.440. The standard InChI is InChI=1S/C25H32ClNO2/c1-3-28-24-16-22(17-27-14-13-20-7-5-4-6-8-20)15-23(26)25(24)29-18-21-11-9-19(2)10-12-21/h7,9-12,15-16,27H,3-6,8,13-14,17-18H2,1-2H3. The summed E-state index contributed by atoms with van der Waals surface area (Å²) in [5, 5.41) is 4.12. The molecule has 2 aromatic rings. The van der Waals surface area contributed by atoms with Crippen molar-refractivity contribution in [2.24, 2.45) is 0 Å². The minimum Gasteiger partial charge on any atom is -0.490 e. The van der Waals surface area contributed by atoms with Gasteiger partial charge < -0.3 is 14.8 Å². The SMILES string of the molecule is CCOc1cc(CNCCC2=CCCCC2)cc(Cl)c1OCc1ccc(C)cc1. The van der Waals surface area contributed by atoms with E-state index in [2.05, 4.69) is 42.6 Å². The summed E-state index contributed by atoms with van der Waals surface area (Å²) in [6, 6.07) is 12.3. The molecule has 0 radical (unpaired) electrons. The average molecular weight is 414 g/mol. The maximum Gasteiger partial charge on any atom is 0.180 e. The first-order valence-electron chi connectivity index (χ1n) is 10.7. The zero-order chi connectivity index (χ0) is 20.5. The maximum atomic E-state index is 6.55. The minimum atomic E-state index is 0.465. The molecule has 0 heterocycles. The smallest absolute Gasteiger partial charge is 0.180 e. The number of rotatable bonds is 10. The van der Waals surface area contributed by atoms with Gasteiger partial charge >= 0.3 is 0 Å². The highest BCUT2D eigenvalue weighted by atomic mass is 35.5. The molecule has 2 aromatic carbocycles. The van der Waals surface area contributed by atoms with Crippen LogP contribution in [0.5, 0.6) is 11.5 Å². The molecule has 0 aliphatic heterocycles. The Morgan fingerprint density at radius 3 is 2.59 bits per heavy atom. The molecule has 0 aromatic heterocycles. The third kappa shape index (κ3) is 6.80. The molecule has 0 atom stereocenters. The molecule has 0 bridgehead atoms. The second kappa shape index (κ2) is 11.3. The molecule has 3 rings (SSSR count). The van der Waals surface area contributed by atoms with Crippen LogP contribution in [0.2, 0.25) is 5.02 Å². The second-order valence-corrected chi connectivity index (χ2v) is 8.05. The van der Waals surface area contributed by atoms with Crippen LogP contribution in [0.4, 0.5) is 0 Å². The van der Waals surface area contributed by atoms with Crippen LogP contribution >= 0.6 is 11.6 Å². The summed E-state index contributed by atoms with van der Waals surface area (Å²) in [7, 11) is 0. The topological polar surface area (TPSA) is 30.5 Å². The Bertz CT molecular complexity index is 814. The van der Waals surface area contributed by atoms with Crippen molar-refractivity contribution in [2.75, 3.05) is 13.2 Å². The molecule has 0 saturated heterocycles. The lowest BCUT2D eigenvalue weighted by atomic mass is 9.97. The molecule has 29 heavy (non-hydrogen) atoms. The van der Waals surface area contributed by atoms with Crippen LogP contribution in [0.1, 0.15) is 55.7 Å². The van der Waals surface area contributed by atoms with Crippen LogP contribution < -0.4 is 14.8 Å². The summed E-state index contributed by atoms with van der Waals surface area (Å²) in [6.07, 6.45) is 8.72. The zero-order valence-electron chi connectivity index (χ0n) is 17.6. The fourth-order valence-electron chi connectivity index (χ4n) is 3.58. The average Bonchev–Trinajstić information content (AvgIpc) is 2.73. The number of halogens is 1. The number of benzene rings is 2. The molecule has 0 spiro atoms. The molecule has 0 unspecified atom stereocenters. The van der Waals surface area contributed by atoms with E-state index in [4.69, 9.17) is 21.1 Å². The van der Waals surface area contributed by atoms with Gasteiger partial charge in [0.15, 0.2) is 11.5 Å². The highest BCUT2D eigenvalue weighted by Crippen LogP contribution is 2.37. The Labute approximate surface area is 180 Å². The summed E-state index contributed by atoms with van der Waals surface area (Å²) >= 11 is 6.55. The van der Waals surface area contributed by atoms with Crippen molar-refractivity contribution in [3.63, 3.8) is 0 Å². The first-order valence-corrected chi connectivity index (χ1v) is 11.1. The summed E-state index contributed by atoms with van der Waals surface area (Å²) in [5.74, 6) is 1.32. The van der Waals surface area contributed by atoms with E-state index in [9.17, 15) is 0 Å². The first-order chi connectivity index (χ1) is 14.2. The van der Waals surface area contributed by atoms with Crippen molar-refractivity contribution in [3.8, 4) is 11.5 Å². The minimum absolute atomic E-state index is 0.465. The number of aryl methyl sites for hydroxylation is 1. The molecule has 0 fully saturated rings. The van der Waals surface area contributed by atoms with E-state index in [-0.39, 0.29) is 0 Å². The van der Waals surface area contributed by atoms with Crippen LogP contribution in [-0.2, 0) is 13.2 Å². The Morgan fingerprint density at radius 1 is 1.03 bits per heavy atom. The van der Waals surface area contributed by atoms with E-state index in [0.717, 1.165) is 30.6 Å². The monoisotopic (exact) mass is 413 g/mol. The summed E-state index contributed by atoms with van der Waals surface area (Å²) < 4.78 is 11.8. The van der Waals surface area contributed by atoms with Crippen LogP contribution in [0, 0.1) is 6.92 Å². The van der Waals surface area contributed by atoms with Crippen molar-refractivity contribution in [1.82, 2.24) is 5.32 Å². The zero-order valence-corrected chi connectivity index (χ0v) is 18.4. The lowest BCUT2D eigenvalue weighted by Crippen LogP contribution is -2.16. The van der Waals surface area contributed by atoms with Crippen LogP contribution in [-0.4, -0.2) is 13.2 Å². The van der Waals surface area contributed by atoms with Crippen LogP contribution in [0.25, 0.3) is 0 Å². The summed E-state index contributed by atoms with van der Waals surface area (Å²) in [6.45, 7) is 6.84. The van der Waals surface area contributed by atoms with Crippen molar-refractivity contribution >= 4 is 11.6 Å². The molecule has 1 aliphatic rings. The van der Waals surface area contributed by atoms with E-state index in [1.165, 1.54) is 31.2 Å². The van der Waals surface area contributed by atoms with Gasteiger partial charge in [-0.2, -0.15) is 0 Å². The molecular formula is C25H32ClNO2. The van der Waals surface area contributed by atoms with Crippen molar-refractivity contribution in [1.29, 1.82) is 0 Å². The van der Waals surface area contributed by atoms with Gasteiger partial charge in [0.25, 0.3) is 0 Å². The van der Waals surface area contributed by atoms with Gasteiger partial charge in [0.1, 0.15) is 6.61 Å². The Kier molecular flexibility index (Phi) is 8.45. The normalized spacial score (nSPS) is 13.8. The lowest BCUT2D eigenvalue weighted by Gasteiger charge is -2.16. The van der Waals surface area contributed by atoms with Crippen molar-refractivity contribution in [3.05, 3.63) is 69.8 Å². The Morgan fingerprint density at radius 2 is 1.86 bits per heavy atom. The van der Waals surface area contributed by atoms with Gasteiger partial charge in [0.2, 0.25) is 0 Å². The quantitative estimate of drug-likeness (QED) is 0.351. The molecule has 1 aliphatic carbocycles. The predicted molar refractivity (Wildman–Crippen MR) is 121 cm³/mol. The van der Waals surface area contributed by atoms with Gasteiger partial charge in [0.05, 0.1) is 11.6 Å². The lowest BCUT2D eigenvalue weighted by molar-refractivity contribution is 0.269. The number of hydrogen-bond acceptors (Lipinski definition) is 3. The van der Waals surface area contributed by atoms with Gasteiger partial charge in [-0.25, -0.2) is 0 Å². The fourth-order valence-corrected chi connectivity index (χ4v) is 3.87. The van der Waals surface area contributed by atoms with Crippen LogP contribution in [0.15, 0.2) is 48.0 Å². The first kappa shape index (κ1) is 21.7. The number of nitrogens with one attached hydrogen (secondary N) is 1. The number of hydrogen-bond donors (Lipinski definition) is 1. The molecule has 3 nitrogen and oxygen atoms in total. The molecule has 156 valence electrons. The predicted octanol–water partition coefficient (Wildman–Crippen LogP) is 6.61. The third-order valence-corrected chi connectivity index (χ3v) is 5.49. The Balaban J connectivity index is 1.59. The summed E-state index contributed by atoms with van der Waals surface area (Å²) in [5.41, 5.74) is 5.05. The second-order valence-electron chi connectivity index (χ2n) is 7.65.